The van der Waals surface area contributed by atoms with Gasteiger partial charge in [-0.3, -0.25) is 0 Å². The molecule has 21 heavy (non-hydrogen) atoms. The Morgan fingerprint density at radius 2 is 1.67 bits per heavy atom. The maximum Gasteiger partial charge on any atom is 0.259 e. The molecule has 0 saturated carbocycles. The van der Waals surface area contributed by atoms with Crippen LogP contribution < -0.4 is 5.73 Å². The summed E-state index contributed by atoms with van der Waals surface area (Å²) in [5, 5.41) is 5.28. The fraction of sp³-hybridized carbons (Fsp3) is 0. The Hall–Kier alpha value is -1.75. The van der Waals surface area contributed by atoms with Gasteiger partial charge in [-0.15, -0.1) is 0 Å². The average molecular weight is 341 g/mol. The van der Waals surface area contributed by atoms with E-state index in [1.807, 2.05) is 0 Å². The molecule has 0 radical (unpaired) electrons. The van der Waals surface area contributed by atoms with Crippen molar-refractivity contribution in [3.05, 3.63) is 51.5 Å². The summed E-state index contributed by atoms with van der Waals surface area (Å²) in [6.07, 6.45) is 0. The van der Waals surface area contributed by atoms with E-state index in [4.69, 9.17) is 45.1 Å². The summed E-state index contributed by atoms with van der Waals surface area (Å²) in [5.74, 6) is 0.676. The molecular weight excluding hydrogens is 333 g/mol. The minimum Gasteiger partial charge on any atom is -0.399 e. The molecule has 0 bridgehead atoms. The monoisotopic (exact) mass is 339 g/mol. The molecule has 0 aliphatic rings. The quantitative estimate of drug-likeness (QED) is 0.671. The molecule has 7 heteroatoms. The van der Waals surface area contributed by atoms with E-state index in [0.717, 1.165) is 0 Å². The number of nitrogens with zero attached hydrogens (tertiary/aromatic N) is 2. The van der Waals surface area contributed by atoms with Crippen LogP contribution in [0.2, 0.25) is 15.1 Å². The Balaban J connectivity index is 2.03. The lowest BCUT2D eigenvalue weighted by molar-refractivity contribution is 0.432. The lowest BCUT2D eigenvalue weighted by Gasteiger charge is -2.00. The summed E-state index contributed by atoms with van der Waals surface area (Å²) in [5.41, 5.74) is 7.57. The Morgan fingerprint density at radius 1 is 0.905 bits per heavy atom. The number of nitrogens with two attached hydrogens (primary N) is 1. The number of rotatable bonds is 2. The largest absolute Gasteiger partial charge is 0.399 e. The average Bonchev–Trinajstić information content (AvgIpc) is 2.94. The van der Waals surface area contributed by atoms with Crippen molar-refractivity contribution in [2.24, 2.45) is 0 Å². The molecule has 0 atom stereocenters. The van der Waals surface area contributed by atoms with Gasteiger partial charge in [-0.25, -0.2) is 0 Å². The molecule has 2 aromatic carbocycles. The van der Waals surface area contributed by atoms with Gasteiger partial charge in [0, 0.05) is 11.3 Å². The molecule has 0 saturated heterocycles. The van der Waals surface area contributed by atoms with Crippen molar-refractivity contribution in [1.29, 1.82) is 0 Å². The first kappa shape index (κ1) is 14.2. The number of nitrogen functional groups attached to an aromatic ring is 1. The topological polar surface area (TPSA) is 64.9 Å². The van der Waals surface area contributed by atoms with Crippen molar-refractivity contribution < 1.29 is 4.52 Å². The van der Waals surface area contributed by atoms with Gasteiger partial charge in [-0.1, -0.05) is 40.0 Å². The molecule has 0 aliphatic heterocycles. The van der Waals surface area contributed by atoms with Gasteiger partial charge in [0.1, 0.15) is 0 Å². The third-order valence-corrected chi connectivity index (χ3v) is 3.89. The summed E-state index contributed by atoms with van der Waals surface area (Å²) >= 11 is 18.0. The van der Waals surface area contributed by atoms with Gasteiger partial charge in [0.15, 0.2) is 0 Å². The summed E-state index contributed by atoms with van der Waals surface area (Å²) in [6, 6.07) is 10.1. The van der Waals surface area contributed by atoms with E-state index >= 15 is 0 Å². The number of halogens is 3. The maximum atomic E-state index is 6.11. The Labute approximate surface area is 135 Å². The first-order valence-corrected chi connectivity index (χ1v) is 7.02. The Kier molecular flexibility index (Phi) is 3.76. The van der Waals surface area contributed by atoms with Gasteiger partial charge in [0.2, 0.25) is 5.82 Å². The summed E-state index contributed by atoms with van der Waals surface area (Å²) in [7, 11) is 0. The highest BCUT2D eigenvalue weighted by Crippen LogP contribution is 2.31. The number of hydrogen-bond acceptors (Lipinski definition) is 4. The second-order valence-corrected chi connectivity index (χ2v) is 5.51. The molecule has 0 aliphatic carbocycles. The predicted molar refractivity (Wildman–Crippen MR) is 84.6 cm³/mol. The fourth-order valence-corrected chi connectivity index (χ4v) is 2.29. The zero-order valence-corrected chi connectivity index (χ0v) is 12.7. The number of anilines is 1. The van der Waals surface area contributed by atoms with Crippen molar-refractivity contribution in [2.45, 2.75) is 0 Å². The minimum absolute atomic E-state index is 0.286. The van der Waals surface area contributed by atoms with Crippen LogP contribution >= 0.6 is 34.8 Å². The van der Waals surface area contributed by atoms with E-state index in [2.05, 4.69) is 10.1 Å². The van der Waals surface area contributed by atoms with E-state index in [1.54, 1.807) is 36.4 Å². The van der Waals surface area contributed by atoms with E-state index in [9.17, 15) is 0 Å². The van der Waals surface area contributed by atoms with E-state index in [0.29, 0.717) is 37.7 Å². The normalized spacial score (nSPS) is 10.8. The van der Waals surface area contributed by atoms with Crippen molar-refractivity contribution in [1.82, 2.24) is 10.1 Å². The molecule has 2 N–H and O–H groups in total. The van der Waals surface area contributed by atoms with Gasteiger partial charge in [-0.05, 0) is 36.4 Å². The minimum atomic E-state index is 0.286. The van der Waals surface area contributed by atoms with Gasteiger partial charge in [0.25, 0.3) is 5.89 Å². The van der Waals surface area contributed by atoms with Gasteiger partial charge >= 0.3 is 0 Å². The molecule has 0 unspecified atom stereocenters. The molecule has 1 aromatic heterocycles. The molecule has 3 aromatic rings. The molecule has 106 valence electrons. The Bertz CT molecular complexity index is 817. The first-order valence-electron chi connectivity index (χ1n) is 5.89. The second kappa shape index (κ2) is 5.56. The van der Waals surface area contributed by atoms with Crippen LogP contribution in [0.1, 0.15) is 0 Å². The third kappa shape index (κ3) is 2.83. The summed E-state index contributed by atoms with van der Waals surface area (Å²) < 4.78 is 5.23. The standard InChI is InChI=1S/C14H8Cl3N3O/c15-10-4-2-8(18)6-9(10)14-19-13(20-21-14)7-1-3-11(16)12(17)5-7/h1-6H,18H2. The van der Waals surface area contributed by atoms with E-state index < -0.39 is 0 Å². The first-order chi connectivity index (χ1) is 10.0. The number of benzene rings is 2. The highest BCUT2D eigenvalue weighted by Gasteiger charge is 2.14. The molecule has 0 amide bonds. The Morgan fingerprint density at radius 3 is 2.43 bits per heavy atom. The van der Waals surface area contributed by atoms with Gasteiger partial charge < -0.3 is 10.3 Å². The molecule has 0 fully saturated rings. The smallest absolute Gasteiger partial charge is 0.259 e. The second-order valence-electron chi connectivity index (χ2n) is 4.29. The van der Waals surface area contributed by atoms with Crippen LogP contribution in [-0.4, -0.2) is 10.1 Å². The van der Waals surface area contributed by atoms with Crippen LogP contribution in [0.15, 0.2) is 40.9 Å². The number of hydrogen-bond donors (Lipinski definition) is 1. The van der Waals surface area contributed by atoms with Gasteiger partial charge in [0.05, 0.1) is 20.6 Å². The predicted octanol–water partition coefficient (Wildman–Crippen LogP) is 4.95. The zero-order chi connectivity index (χ0) is 15.0. The molecule has 3 rings (SSSR count). The van der Waals surface area contributed by atoms with E-state index in [-0.39, 0.29) is 5.89 Å². The van der Waals surface area contributed by atoms with Crippen molar-refractivity contribution >= 4 is 40.5 Å². The van der Waals surface area contributed by atoms with Crippen LogP contribution in [-0.2, 0) is 0 Å². The van der Waals surface area contributed by atoms with Crippen molar-refractivity contribution in [3.8, 4) is 22.8 Å². The van der Waals surface area contributed by atoms with Crippen LogP contribution in [0.3, 0.4) is 0 Å². The molecule has 1 heterocycles. The van der Waals surface area contributed by atoms with Crippen LogP contribution in [0, 0.1) is 0 Å². The van der Waals surface area contributed by atoms with Gasteiger partial charge in [-0.2, -0.15) is 4.98 Å². The summed E-state index contributed by atoms with van der Waals surface area (Å²) in [4.78, 5) is 4.30. The number of aromatic nitrogens is 2. The summed E-state index contributed by atoms with van der Waals surface area (Å²) in [6.45, 7) is 0. The lowest BCUT2D eigenvalue weighted by Crippen LogP contribution is -1.87. The molecule has 4 nitrogen and oxygen atoms in total. The molecular formula is C14H8Cl3N3O. The fourth-order valence-electron chi connectivity index (χ4n) is 1.79. The van der Waals surface area contributed by atoms with E-state index in [1.165, 1.54) is 0 Å². The third-order valence-electron chi connectivity index (χ3n) is 2.82. The van der Waals surface area contributed by atoms with Crippen molar-refractivity contribution in [2.75, 3.05) is 5.73 Å². The SMILES string of the molecule is Nc1ccc(Cl)c(-c2nc(-c3ccc(Cl)c(Cl)c3)no2)c1. The maximum absolute atomic E-state index is 6.11. The highest BCUT2D eigenvalue weighted by molar-refractivity contribution is 6.42. The van der Waals surface area contributed by atoms with Crippen molar-refractivity contribution in [3.63, 3.8) is 0 Å². The molecule has 0 spiro atoms. The lowest BCUT2D eigenvalue weighted by atomic mass is 10.2. The zero-order valence-electron chi connectivity index (χ0n) is 10.5. The van der Waals surface area contributed by atoms with Crippen LogP contribution in [0.25, 0.3) is 22.8 Å². The van der Waals surface area contributed by atoms with Crippen LogP contribution in [0.5, 0.6) is 0 Å². The van der Waals surface area contributed by atoms with Crippen LogP contribution in [0.4, 0.5) is 5.69 Å². The highest BCUT2D eigenvalue weighted by atomic mass is 35.5.